The lowest BCUT2D eigenvalue weighted by molar-refractivity contribution is 0.122. The fraction of sp³-hybridized carbons (Fsp3) is 0.360. The Morgan fingerprint density at radius 2 is 1.64 bits per heavy atom. The van der Waals surface area contributed by atoms with Crippen molar-refractivity contribution in [2.75, 3.05) is 44.8 Å². The molecule has 28 heavy (non-hydrogen) atoms. The highest BCUT2D eigenvalue weighted by Gasteiger charge is 2.31. The van der Waals surface area contributed by atoms with Gasteiger partial charge in [0.05, 0.1) is 19.3 Å². The van der Waals surface area contributed by atoms with Crippen molar-refractivity contribution in [1.29, 1.82) is 0 Å². The molecule has 0 amide bonds. The number of hydrogen-bond acceptors (Lipinski definition) is 3. The monoisotopic (exact) mass is 372 g/mol. The molecular weight excluding hydrogens is 344 g/mol. The maximum absolute atomic E-state index is 5.55. The van der Waals surface area contributed by atoms with Crippen molar-refractivity contribution in [3.8, 4) is 0 Å². The van der Waals surface area contributed by atoms with Crippen LogP contribution < -0.4 is 4.90 Å². The van der Waals surface area contributed by atoms with Crippen LogP contribution in [0.3, 0.4) is 0 Å². The third-order valence-corrected chi connectivity index (χ3v) is 6.36. The minimum absolute atomic E-state index is 0.303. The van der Waals surface area contributed by atoms with Crippen LogP contribution in [0.5, 0.6) is 0 Å². The van der Waals surface area contributed by atoms with E-state index in [0.29, 0.717) is 12.0 Å². The Bertz CT molecular complexity index is 993. The summed E-state index contributed by atoms with van der Waals surface area (Å²) in [7, 11) is 2.26. The van der Waals surface area contributed by atoms with E-state index in [0.717, 1.165) is 32.8 Å². The van der Waals surface area contributed by atoms with Gasteiger partial charge in [-0.25, -0.2) is 0 Å². The molecule has 144 valence electrons. The van der Waals surface area contributed by atoms with Crippen molar-refractivity contribution in [1.82, 2.24) is 4.90 Å². The van der Waals surface area contributed by atoms with Gasteiger partial charge < -0.3 is 9.64 Å². The molecule has 3 aromatic carbocycles. The summed E-state index contributed by atoms with van der Waals surface area (Å²) < 4.78 is 5.55. The van der Waals surface area contributed by atoms with Gasteiger partial charge in [-0.15, -0.1) is 0 Å². The fourth-order valence-corrected chi connectivity index (χ4v) is 4.95. The predicted octanol–water partition coefficient (Wildman–Crippen LogP) is 4.81. The summed E-state index contributed by atoms with van der Waals surface area (Å²) in [5.74, 6) is 0.551. The van der Waals surface area contributed by atoms with Crippen LogP contribution in [-0.4, -0.2) is 44.8 Å². The fourth-order valence-electron chi connectivity index (χ4n) is 4.95. The van der Waals surface area contributed by atoms with E-state index in [2.05, 4.69) is 84.4 Å². The molecule has 0 N–H and O–H groups in total. The van der Waals surface area contributed by atoms with Gasteiger partial charge in [-0.1, -0.05) is 49.4 Å². The van der Waals surface area contributed by atoms with Crippen molar-refractivity contribution < 1.29 is 4.74 Å². The van der Waals surface area contributed by atoms with Crippen LogP contribution in [0.25, 0.3) is 10.8 Å². The molecule has 0 bridgehead atoms. The number of rotatable bonds is 2. The molecule has 0 aliphatic carbocycles. The van der Waals surface area contributed by atoms with Crippen LogP contribution in [-0.2, 0) is 4.74 Å². The molecule has 0 saturated carbocycles. The quantitative estimate of drug-likeness (QED) is 0.642. The molecule has 3 heteroatoms. The molecule has 2 aliphatic heterocycles. The van der Waals surface area contributed by atoms with Gasteiger partial charge in [0, 0.05) is 25.3 Å². The van der Waals surface area contributed by atoms with E-state index in [9.17, 15) is 0 Å². The molecule has 2 aliphatic rings. The van der Waals surface area contributed by atoms with E-state index in [1.807, 2.05) is 0 Å². The third-order valence-electron chi connectivity index (χ3n) is 6.36. The van der Waals surface area contributed by atoms with Crippen molar-refractivity contribution >= 4 is 16.5 Å². The molecule has 2 atom stereocenters. The molecule has 3 aromatic rings. The highest BCUT2D eigenvalue weighted by Crippen LogP contribution is 2.41. The summed E-state index contributed by atoms with van der Waals surface area (Å²) in [6.07, 6.45) is 0. The predicted molar refractivity (Wildman–Crippen MR) is 116 cm³/mol. The summed E-state index contributed by atoms with van der Waals surface area (Å²) in [6, 6.07) is 23.0. The highest BCUT2D eigenvalue weighted by molar-refractivity contribution is 5.83. The van der Waals surface area contributed by atoms with Gasteiger partial charge in [0.2, 0.25) is 0 Å². The Balaban J connectivity index is 1.60. The lowest BCUT2D eigenvalue weighted by Crippen LogP contribution is -2.37. The Kier molecular flexibility index (Phi) is 4.58. The minimum Gasteiger partial charge on any atom is -0.378 e. The molecule has 1 fully saturated rings. The van der Waals surface area contributed by atoms with E-state index in [-0.39, 0.29) is 0 Å². The van der Waals surface area contributed by atoms with E-state index < -0.39 is 0 Å². The molecule has 0 radical (unpaired) electrons. The molecular formula is C25H28N2O. The topological polar surface area (TPSA) is 15.7 Å². The maximum Gasteiger partial charge on any atom is 0.0642 e. The first-order valence-electron chi connectivity index (χ1n) is 10.4. The van der Waals surface area contributed by atoms with Crippen molar-refractivity contribution in [3.63, 3.8) is 0 Å². The van der Waals surface area contributed by atoms with Crippen molar-refractivity contribution in [2.24, 2.45) is 0 Å². The first kappa shape index (κ1) is 17.7. The standard InChI is InChI=1S/C25H28N2O/c1-18-17-26(2)25(21-8-7-19-5-3-4-6-20(19)15-21)24-16-22(9-10-23(18)24)27-11-13-28-14-12-27/h3-10,15-16,18,25H,11-14,17H2,1-2H3. The highest BCUT2D eigenvalue weighted by atomic mass is 16.5. The second kappa shape index (κ2) is 7.23. The van der Waals surface area contributed by atoms with Crippen LogP contribution in [0.1, 0.15) is 35.6 Å². The zero-order chi connectivity index (χ0) is 19.1. The van der Waals surface area contributed by atoms with E-state index in [1.165, 1.54) is 33.2 Å². The average Bonchev–Trinajstić information content (AvgIpc) is 2.74. The second-order valence-electron chi connectivity index (χ2n) is 8.26. The Hall–Kier alpha value is -2.36. The number of morpholine rings is 1. The summed E-state index contributed by atoms with van der Waals surface area (Å²) in [6.45, 7) is 7.03. The van der Waals surface area contributed by atoms with Gasteiger partial charge in [-0.3, -0.25) is 4.90 Å². The zero-order valence-corrected chi connectivity index (χ0v) is 16.8. The molecule has 1 saturated heterocycles. The van der Waals surface area contributed by atoms with E-state index >= 15 is 0 Å². The molecule has 2 unspecified atom stereocenters. The SMILES string of the molecule is CC1CN(C)C(c2ccc3ccccc3c2)c2cc(N3CCOCC3)ccc21. The first-order chi connectivity index (χ1) is 13.7. The normalized spacial score (nSPS) is 23.0. The van der Waals surface area contributed by atoms with Gasteiger partial charge in [0.1, 0.15) is 0 Å². The number of benzene rings is 3. The third kappa shape index (κ3) is 3.09. The Labute approximate surface area is 167 Å². The summed E-state index contributed by atoms with van der Waals surface area (Å²) in [5.41, 5.74) is 5.66. The largest absolute Gasteiger partial charge is 0.378 e. The molecule has 3 nitrogen and oxygen atoms in total. The van der Waals surface area contributed by atoms with Crippen LogP contribution >= 0.6 is 0 Å². The number of hydrogen-bond donors (Lipinski definition) is 0. The second-order valence-corrected chi connectivity index (χ2v) is 8.26. The molecule has 2 heterocycles. The van der Waals surface area contributed by atoms with E-state index in [4.69, 9.17) is 4.74 Å². The summed E-state index contributed by atoms with van der Waals surface area (Å²) >= 11 is 0. The van der Waals surface area contributed by atoms with Crippen LogP contribution in [0, 0.1) is 0 Å². The van der Waals surface area contributed by atoms with Gasteiger partial charge in [0.25, 0.3) is 0 Å². The van der Waals surface area contributed by atoms with Crippen molar-refractivity contribution in [2.45, 2.75) is 18.9 Å². The van der Waals surface area contributed by atoms with Gasteiger partial charge >= 0.3 is 0 Å². The summed E-state index contributed by atoms with van der Waals surface area (Å²) in [5, 5.41) is 2.62. The number of fused-ring (bicyclic) bond motifs is 2. The number of anilines is 1. The first-order valence-corrected chi connectivity index (χ1v) is 10.4. The van der Waals surface area contributed by atoms with Crippen LogP contribution in [0.2, 0.25) is 0 Å². The van der Waals surface area contributed by atoms with Crippen molar-refractivity contribution in [3.05, 3.63) is 77.4 Å². The molecule has 0 aromatic heterocycles. The zero-order valence-electron chi connectivity index (χ0n) is 16.8. The number of likely N-dealkylation sites (N-methyl/N-ethyl adjacent to an activating group) is 1. The number of nitrogens with zero attached hydrogens (tertiary/aromatic N) is 2. The maximum atomic E-state index is 5.55. The number of ether oxygens (including phenoxy) is 1. The smallest absolute Gasteiger partial charge is 0.0642 e. The lowest BCUT2D eigenvalue weighted by Gasteiger charge is -2.39. The average molecular weight is 373 g/mol. The van der Waals surface area contributed by atoms with E-state index in [1.54, 1.807) is 0 Å². The van der Waals surface area contributed by atoms with Crippen LogP contribution in [0.4, 0.5) is 5.69 Å². The molecule has 0 spiro atoms. The van der Waals surface area contributed by atoms with Crippen LogP contribution in [0.15, 0.2) is 60.7 Å². The van der Waals surface area contributed by atoms with Gasteiger partial charge in [0.15, 0.2) is 0 Å². The molecule has 5 rings (SSSR count). The lowest BCUT2D eigenvalue weighted by atomic mass is 9.83. The minimum atomic E-state index is 0.303. The summed E-state index contributed by atoms with van der Waals surface area (Å²) in [4.78, 5) is 4.97. The Morgan fingerprint density at radius 1 is 0.857 bits per heavy atom. The van der Waals surface area contributed by atoms with Gasteiger partial charge in [-0.2, -0.15) is 0 Å². The van der Waals surface area contributed by atoms with Gasteiger partial charge in [-0.05, 0) is 58.6 Å². The Morgan fingerprint density at radius 3 is 2.46 bits per heavy atom.